The lowest BCUT2D eigenvalue weighted by Gasteiger charge is -2.05. The lowest BCUT2D eigenvalue weighted by Crippen LogP contribution is -1.98. The smallest absolute Gasteiger partial charge is 0.119 e. The van der Waals surface area contributed by atoms with E-state index in [9.17, 15) is 0 Å². The first-order valence-electron chi connectivity index (χ1n) is 5.85. The van der Waals surface area contributed by atoms with Crippen LogP contribution in [0.1, 0.15) is 17.7 Å². The lowest BCUT2D eigenvalue weighted by atomic mass is 10.2. The van der Waals surface area contributed by atoms with E-state index in [2.05, 4.69) is 17.5 Å². The number of thiophene rings is 1. The third kappa shape index (κ3) is 4.11. The molecule has 0 amide bonds. The zero-order valence-electron chi connectivity index (χ0n) is 9.76. The zero-order chi connectivity index (χ0) is 11.9. The summed E-state index contributed by atoms with van der Waals surface area (Å²) in [7, 11) is 0. The molecule has 1 aromatic heterocycles. The van der Waals surface area contributed by atoms with Crippen LogP contribution in [0, 0.1) is 0 Å². The minimum Gasteiger partial charge on any atom is -0.494 e. The Morgan fingerprint density at radius 1 is 1.06 bits per heavy atom. The molecule has 0 saturated heterocycles. The molecule has 3 heteroatoms. The number of anilines is 1. The molecule has 2 rings (SSSR count). The molecule has 1 heterocycles. The van der Waals surface area contributed by atoms with Crippen molar-refractivity contribution >= 4 is 17.0 Å². The Labute approximate surface area is 106 Å². The highest BCUT2D eigenvalue weighted by atomic mass is 32.1. The largest absolute Gasteiger partial charge is 0.494 e. The number of nitrogen functional groups attached to an aromatic ring is 1. The number of hydrogen-bond donors (Lipinski definition) is 1. The van der Waals surface area contributed by atoms with Gasteiger partial charge < -0.3 is 10.5 Å². The number of ether oxygens (including phenoxy) is 1. The fourth-order valence-electron chi connectivity index (χ4n) is 1.61. The van der Waals surface area contributed by atoms with E-state index >= 15 is 0 Å². The summed E-state index contributed by atoms with van der Waals surface area (Å²) in [4.78, 5) is 1.46. The Balaban J connectivity index is 1.61. The topological polar surface area (TPSA) is 35.2 Å². The Morgan fingerprint density at radius 3 is 2.59 bits per heavy atom. The highest BCUT2D eigenvalue weighted by Crippen LogP contribution is 2.15. The van der Waals surface area contributed by atoms with Crippen LogP contribution in [0.4, 0.5) is 5.69 Å². The van der Waals surface area contributed by atoms with Gasteiger partial charge in [0.1, 0.15) is 5.75 Å². The second kappa shape index (κ2) is 6.30. The molecule has 0 radical (unpaired) electrons. The maximum absolute atomic E-state index is 5.63. The van der Waals surface area contributed by atoms with Crippen LogP contribution in [0.25, 0.3) is 0 Å². The van der Waals surface area contributed by atoms with Gasteiger partial charge in [0.25, 0.3) is 0 Å². The maximum atomic E-state index is 5.63. The molecule has 90 valence electrons. The van der Waals surface area contributed by atoms with Gasteiger partial charge in [0.15, 0.2) is 0 Å². The summed E-state index contributed by atoms with van der Waals surface area (Å²) in [5, 5.41) is 2.13. The molecule has 1 aromatic carbocycles. The minimum atomic E-state index is 0.773. The van der Waals surface area contributed by atoms with Crippen molar-refractivity contribution in [2.45, 2.75) is 19.3 Å². The van der Waals surface area contributed by atoms with Crippen molar-refractivity contribution in [1.29, 1.82) is 0 Å². The number of unbranched alkanes of at least 4 members (excludes halogenated alkanes) is 1. The summed E-state index contributed by atoms with van der Waals surface area (Å²) in [6.07, 6.45) is 3.42. The minimum absolute atomic E-state index is 0.773. The first-order valence-corrected chi connectivity index (χ1v) is 6.73. The lowest BCUT2D eigenvalue weighted by molar-refractivity contribution is 0.307. The van der Waals surface area contributed by atoms with Crippen LogP contribution in [-0.2, 0) is 6.42 Å². The van der Waals surface area contributed by atoms with Gasteiger partial charge in [-0.2, -0.15) is 0 Å². The molecule has 0 spiro atoms. The Morgan fingerprint density at radius 2 is 1.88 bits per heavy atom. The van der Waals surface area contributed by atoms with Gasteiger partial charge in [-0.25, -0.2) is 0 Å². The van der Waals surface area contributed by atoms with Crippen molar-refractivity contribution in [3.63, 3.8) is 0 Å². The standard InChI is InChI=1S/C14H17NOS/c15-12-6-8-13(9-7-12)16-10-2-1-4-14-5-3-11-17-14/h3,5-9,11H,1-2,4,10,15H2. The van der Waals surface area contributed by atoms with Gasteiger partial charge in [-0.1, -0.05) is 6.07 Å². The van der Waals surface area contributed by atoms with Crippen molar-refractivity contribution in [3.8, 4) is 5.75 Å². The average molecular weight is 247 g/mol. The predicted molar refractivity (Wildman–Crippen MR) is 73.6 cm³/mol. The van der Waals surface area contributed by atoms with Gasteiger partial charge in [-0.05, 0) is 55.0 Å². The number of benzene rings is 1. The Hall–Kier alpha value is -1.48. The van der Waals surface area contributed by atoms with Gasteiger partial charge in [-0.3, -0.25) is 0 Å². The normalized spacial score (nSPS) is 10.4. The van der Waals surface area contributed by atoms with E-state index < -0.39 is 0 Å². The van der Waals surface area contributed by atoms with Crippen LogP contribution in [-0.4, -0.2) is 6.61 Å². The summed E-state index contributed by atoms with van der Waals surface area (Å²) in [5.41, 5.74) is 6.38. The van der Waals surface area contributed by atoms with Crippen molar-refractivity contribution in [3.05, 3.63) is 46.7 Å². The second-order valence-electron chi connectivity index (χ2n) is 3.95. The van der Waals surface area contributed by atoms with Crippen molar-refractivity contribution in [2.75, 3.05) is 12.3 Å². The summed E-state index contributed by atoms with van der Waals surface area (Å²) >= 11 is 1.82. The van der Waals surface area contributed by atoms with Crippen LogP contribution in [0.5, 0.6) is 5.75 Å². The van der Waals surface area contributed by atoms with Crippen molar-refractivity contribution < 1.29 is 4.74 Å². The maximum Gasteiger partial charge on any atom is 0.119 e. The van der Waals surface area contributed by atoms with Gasteiger partial charge >= 0.3 is 0 Å². The average Bonchev–Trinajstić information content (AvgIpc) is 2.84. The molecular weight excluding hydrogens is 230 g/mol. The highest BCUT2D eigenvalue weighted by Gasteiger charge is 1.96. The van der Waals surface area contributed by atoms with Crippen molar-refractivity contribution in [1.82, 2.24) is 0 Å². The van der Waals surface area contributed by atoms with E-state index in [0.29, 0.717) is 0 Å². The van der Waals surface area contributed by atoms with Crippen LogP contribution in [0.2, 0.25) is 0 Å². The van der Waals surface area contributed by atoms with Crippen LogP contribution < -0.4 is 10.5 Å². The van der Waals surface area contributed by atoms with Gasteiger partial charge in [0.05, 0.1) is 6.61 Å². The fourth-order valence-corrected chi connectivity index (χ4v) is 2.36. The van der Waals surface area contributed by atoms with Gasteiger partial charge in [-0.15, -0.1) is 11.3 Å². The number of nitrogens with two attached hydrogens (primary N) is 1. The molecule has 0 atom stereocenters. The molecule has 2 nitrogen and oxygen atoms in total. The first-order chi connectivity index (χ1) is 8.34. The van der Waals surface area contributed by atoms with E-state index in [-0.39, 0.29) is 0 Å². The number of hydrogen-bond acceptors (Lipinski definition) is 3. The predicted octanol–water partition coefficient (Wildman–Crippen LogP) is 3.73. The third-order valence-electron chi connectivity index (χ3n) is 2.55. The SMILES string of the molecule is Nc1ccc(OCCCCc2cccs2)cc1. The fraction of sp³-hybridized carbons (Fsp3) is 0.286. The van der Waals surface area contributed by atoms with Crippen LogP contribution >= 0.6 is 11.3 Å². The summed E-state index contributed by atoms with van der Waals surface area (Å²) in [5.74, 6) is 0.898. The number of aryl methyl sites for hydroxylation is 1. The molecular formula is C14H17NOS. The molecule has 0 aliphatic heterocycles. The molecule has 0 aliphatic rings. The summed E-state index contributed by atoms with van der Waals surface area (Å²) < 4.78 is 5.63. The number of rotatable bonds is 6. The molecule has 0 saturated carbocycles. The summed E-state index contributed by atoms with van der Waals surface area (Å²) in [6.45, 7) is 0.773. The zero-order valence-corrected chi connectivity index (χ0v) is 10.6. The van der Waals surface area contributed by atoms with E-state index in [1.165, 1.54) is 11.3 Å². The Kier molecular flexibility index (Phi) is 4.45. The van der Waals surface area contributed by atoms with E-state index in [0.717, 1.165) is 30.9 Å². The van der Waals surface area contributed by atoms with Crippen LogP contribution in [0.3, 0.4) is 0 Å². The first kappa shape index (κ1) is 12.0. The second-order valence-corrected chi connectivity index (χ2v) is 4.99. The van der Waals surface area contributed by atoms with E-state index in [4.69, 9.17) is 10.5 Å². The van der Waals surface area contributed by atoms with Gasteiger partial charge in [0, 0.05) is 10.6 Å². The molecule has 0 unspecified atom stereocenters. The van der Waals surface area contributed by atoms with E-state index in [1.54, 1.807) is 0 Å². The molecule has 0 aliphatic carbocycles. The highest BCUT2D eigenvalue weighted by molar-refractivity contribution is 7.09. The Bertz CT molecular complexity index is 422. The van der Waals surface area contributed by atoms with E-state index in [1.807, 2.05) is 35.6 Å². The molecule has 2 N–H and O–H groups in total. The van der Waals surface area contributed by atoms with Gasteiger partial charge in [0.2, 0.25) is 0 Å². The molecule has 0 fully saturated rings. The molecule has 0 bridgehead atoms. The van der Waals surface area contributed by atoms with Crippen molar-refractivity contribution in [2.24, 2.45) is 0 Å². The van der Waals surface area contributed by atoms with Crippen LogP contribution in [0.15, 0.2) is 41.8 Å². The quantitative estimate of drug-likeness (QED) is 0.623. The molecule has 2 aromatic rings. The monoisotopic (exact) mass is 247 g/mol. The summed E-state index contributed by atoms with van der Waals surface area (Å²) in [6, 6.07) is 11.8. The third-order valence-corrected chi connectivity index (χ3v) is 3.48. The molecule has 17 heavy (non-hydrogen) atoms.